The number of hydrogen-bond donors (Lipinski definition) is 3. The molecule has 0 radical (unpaired) electrons. The smallest absolute Gasteiger partial charge is 0.416 e. The molecule has 2 aromatic carbocycles. The first-order chi connectivity index (χ1) is 13.5. The summed E-state index contributed by atoms with van der Waals surface area (Å²) in [5, 5.41) is 24.1. The average Bonchev–Trinajstić information content (AvgIpc) is 2.71. The summed E-state index contributed by atoms with van der Waals surface area (Å²) in [4.78, 5) is 33.3. The van der Waals surface area contributed by atoms with Gasteiger partial charge >= 0.3 is 12.1 Å². The highest BCUT2D eigenvalue weighted by Gasteiger charge is 2.25. The Morgan fingerprint density at radius 3 is 2.68 bits per heavy atom. The Morgan fingerprint density at radius 2 is 1.89 bits per heavy atom. The van der Waals surface area contributed by atoms with Crippen molar-refractivity contribution in [3.63, 3.8) is 0 Å². The van der Waals surface area contributed by atoms with Gasteiger partial charge in [0.25, 0.3) is 0 Å². The number of benzene rings is 2. The van der Waals surface area contributed by atoms with E-state index >= 15 is 0 Å². The zero-order valence-electron chi connectivity index (χ0n) is 14.2. The Hall–Kier alpha value is -4.20. The SMILES string of the molecule is O=C(O)c1ccc2c3c(c4c(c2n1)N(C(=O)O)C=CC=4)=Nc1ccccc1N3. The van der Waals surface area contributed by atoms with E-state index in [0.29, 0.717) is 21.6 Å². The van der Waals surface area contributed by atoms with Crippen LogP contribution in [-0.2, 0) is 0 Å². The molecule has 3 aromatic rings. The van der Waals surface area contributed by atoms with Crippen molar-refractivity contribution < 1.29 is 19.8 Å². The second-order valence-electron chi connectivity index (χ2n) is 6.30. The number of rotatable bonds is 1. The van der Waals surface area contributed by atoms with Crippen LogP contribution < -0.4 is 20.8 Å². The zero-order valence-corrected chi connectivity index (χ0v) is 14.2. The first-order valence-electron chi connectivity index (χ1n) is 8.40. The lowest BCUT2D eigenvalue weighted by molar-refractivity contribution is 0.0691. The number of pyridine rings is 1. The number of anilines is 3. The normalized spacial score (nSPS) is 13.5. The van der Waals surface area contributed by atoms with Gasteiger partial charge in [-0.1, -0.05) is 12.1 Å². The van der Waals surface area contributed by atoms with E-state index in [9.17, 15) is 19.8 Å². The summed E-state index contributed by atoms with van der Waals surface area (Å²) in [6.07, 6.45) is 3.56. The maximum atomic E-state index is 11.8. The Balaban J connectivity index is 1.99. The monoisotopic (exact) mass is 372 g/mol. The van der Waals surface area contributed by atoms with Gasteiger partial charge in [-0.15, -0.1) is 0 Å². The van der Waals surface area contributed by atoms with Gasteiger partial charge in [-0.2, -0.15) is 0 Å². The third-order valence-electron chi connectivity index (χ3n) is 4.70. The molecule has 28 heavy (non-hydrogen) atoms. The predicted octanol–water partition coefficient (Wildman–Crippen LogP) is 2.73. The summed E-state index contributed by atoms with van der Waals surface area (Å²) in [6, 6.07) is 10.5. The van der Waals surface area contributed by atoms with Crippen molar-refractivity contribution in [1.82, 2.24) is 4.98 Å². The number of para-hydroxylation sites is 2. The Bertz CT molecular complexity index is 1360. The van der Waals surface area contributed by atoms with Crippen molar-refractivity contribution in [2.75, 3.05) is 10.2 Å². The van der Waals surface area contributed by atoms with Crippen LogP contribution in [0.5, 0.6) is 0 Å². The van der Waals surface area contributed by atoms with Crippen molar-refractivity contribution >= 4 is 51.8 Å². The molecule has 0 atom stereocenters. The molecule has 0 saturated heterocycles. The van der Waals surface area contributed by atoms with Gasteiger partial charge < -0.3 is 15.5 Å². The highest BCUT2D eigenvalue weighted by atomic mass is 16.4. The van der Waals surface area contributed by atoms with Crippen molar-refractivity contribution in [1.29, 1.82) is 0 Å². The van der Waals surface area contributed by atoms with E-state index in [1.807, 2.05) is 24.3 Å². The summed E-state index contributed by atoms with van der Waals surface area (Å²) in [6.45, 7) is 0. The molecule has 0 aliphatic carbocycles. The predicted molar refractivity (Wildman–Crippen MR) is 103 cm³/mol. The van der Waals surface area contributed by atoms with Gasteiger partial charge in [0.15, 0.2) is 0 Å². The topological polar surface area (TPSA) is 115 Å². The summed E-state index contributed by atoms with van der Waals surface area (Å²) in [5.74, 6) is -1.19. The fraction of sp³-hybridized carbons (Fsp3) is 0. The fourth-order valence-electron chi connectivity index (χ4n) is 3.50. The standard InChI is InChI=1S/C20H12N4O4/c25-19(26)14-8-7-10-15-16(22-13-6-2-1-5-12(13)21-15)11-4-3-9-24(20(27)28)18(11)17(10)23-14/h1-9,21H,(H,25,26)(H,27,28). The number of hydrogen-bond acceptors (Lipinski definition) is 5. The van der Waals surface area contributed by atoms with Crippen LogP contribution in [0, 0.1) is 0 Å². The molecule has 0 saturated carbocycles. The van der Waals surface area contributed by atoms with Crippen LogP contribution in [-0.4, -0.2) is 27.3 Å². The number of amides is 1. The van der Waals surface area contributed by atoms with Crippen LogP contribution in [0.2, 0.25) is 0 Å². The molecule has 2 aliphatic rings. The van der Waals surface area contributed by atoms with Gasteiger partial charge in [0.05, 0.1) is 33.6 Å². The Kier molecular flexibility index (Phi) is 3.23. The van der Waals surface area contributed by atoms with E-state index < -0.39 is 12.1 Å². The summed E-state index contributed by atoms with van der Waals surface area (Å²) in [7, 11) is 0. The highest BCUT2D eigenvalue weighted by Crippen LogP contribution is 2.35. The van der Waals surface area contributed by atoms with Crippen molar-refractivity contribution in [2.24, 2.45) is 4.99 Å². The molecule has 1 aromatic heterocycles. The number of aromatic carboxylic acids is 1. The molecule has 0 spiro atoms. The van der Waals surface area contributed by atoms with E-state index in [1.54, 1.807) is 18.2 Å². The minimum Gasteiger partial charge on any atom is -0.477 e. The maximum Gasteiger partial charge on any atom is 0.416 e. The summed E-state index contributed by atoms with van der Waals surface area (Å²) >= 11 is 0. The van der Waals surface area contributed by atoms with Crippen LogP contribution in [0.15, 0.2) is 53.7 Å². The molecule has 3 heterocycles. The van der Waals surface area contributed by atoms with Crippen LogP contribution in [0.1, 0.15) is 10.5 Å². The largest absolute Gasteiger partial charge is 0.477 e. The molecule has 0 bridgehead atoms. The van der Waals surface area contributed by atoms with Crippen LogP contribution in [0.25, 0.3) is 17.0 Å². The molecule has 0 unspecified atom stereocenters. The lowest BCUT2D eigenvalue weighted by Crippen LogP contribution is -2.39. The molecule has 5 rings (SSSR count). The van der Waals surface area contributed by atoms with Crippen LogP contribution in [0.4, 0.5) is 27.5 Å². The Labute approximate surface area is 157 Å². The number of carboxylic acid groups (broad SMARTS) is 2. The number of carbonyl (C=O) groups is 2. The third-order valence-corrected chi connectivity index (χ3v) is 4.70. The Morgan fingerprint density at radius 1 is 1.07 bits per heavy atom. The number of allylic oxidation sites excluding steroid dienone is 1. The zero-order chi connectivity index (χ0) is 19.4. The van der Waals surface area contributed by atoms with E-state index in [4.69, 9.17) is 4.99 Å². The van der Waals surface area contributed by atoms with E-state index in [-0.39, 0.29) is 16.9 Å². The lowest BCUT2D eigenvalue weighted by atomic mass is 10.0. The number of carboxylic acids is 1. The maximum absolute atomic E-state index is 11.8. The number of fused-ring (bicyclic) bond motifs is 7. The first-order valence-corrected chi connectivity index (χ1v) is 8.40. The van der Waals surface area contributed by atoms with E-state index in [1.165, 1.54) is 12.3 Å². The number of nitrogens with zero attached hydrogens (tertiary/aromatic N) is 3. The molecular weight excluding hydrogens is 360 g/mol. The molecule has 3 N–H and O–H groups in total. The van der Waals surface area contributed by atoms with Crippen LogP contribution >= 0.6 is 0 Å². The molecule has 8 nitrogen and oxygen atoms in total. The second kappa shape index (κ2) is 5.65. The van der Waals surface area contributed by atoms with E-state index in [0.717, 1.165) is 16.3 Å². The first kappa shape index (κ1) is 16.0. The minimum absolute atomic E-state index is 0.164. The molecule has 2 aliphatic heterocycles. The van der Waals surface area contributed by atoms with Crippen molar-refractivity contribution in [3.8, 4) is 0 Å². The van der Waals surface area contributed by atoms with Crippen molar-refractivity contribution in [2.45, 2.75) is 0 Å². The molecule has 1 amide bonds. The van der Waals surface area contributed by atoms with Crippen molar-refractivity contribution in [3.05, 3.63) is 64.9 Å². The highest BCUT2D eigenvalue weighted by molar-refractivity contribution is 6.08. The average molecular weight is 372 g/mol. The fourth-order valence-corrected chi connectivity index (χ4v) is 3.50. The van der Waals surface area contributed by atoms with Gasteiger partial charge in [0.1, 0.15) is 5.69 Å². The quantitative estimate of drug-likeness (QED) is 0.473. The third kappa shape index (κ3) is 2.18. The number of nitrogens with one attached hydrogen (secondary N) is 1. The van der Waals surface area contributed by atoms with Gasteiger partial charge in [-0.25, -0.2) is 19.6 Å². The van der Waals surface area contributed by atoms with Gasteiger partial charge in [-0.05, 0) is 36.4 Å². The summed E-state index contributed by atoms with van der Waals surface area (Å²) in [5.41, 5.74) is 2.60. The lowest BCUT2D eigenvalue weighted by Gasteiger charge is -2.24. The van der Waals surface area contributed by atoms with E-state index in [2.05, 4.69) is 10.3 Å². The van der Waals surface area contributed by atoms with Gasteiger partial charge in [0.2, 0.25) is 0 Å². The number of aromatic nitrogens is 1. The summed E-state index contributed by atoms with van der Waals surface area (Å²) < 4.78 is 0. The minimum atomic E-state index is -1.20. The van der Waals surface area contributed by atoms with Gasteiger partial charge in [0, 0.05) is 16.8 Å². The molecule has 136 valence electrons. The molecule has 0 fully saturated rings. The van der Waals surface area contributed by atoms with Crippen LogP contribution in [0.3, 0.4) is 0 Å². The van der Waals surface area contributed by atoms with Gasteiger partial charge in [-0.3, -0.25) is 4.90 Å². The second-order valence-corrected chi connectivity index (χ2v) is 6.30. The molecule has 8 heteroatoms. The molecular formula is C20H12N4O4.